The number of rotatable bonds is 8. The maximum Gasteiger partial charge on any atom is 0.236 e. The van der Waals surface area contributed by atoms with Gasteiger partial charge in [-0.15, -0.1) is 0 Å². The third-order valence-electron chi connectivity index (χ3n) is 3.27. The molecule has 0 aliphatic heterocycles. The van der Waals surface area contributed by atoms with Gasteiger partial charge in [0.25, 0.3) is 0 Å². The van der Waals surface area contributed by atoms with E-state index in [9.17, 15) is 4.79 Å². The van der Waals surface area contributed by atoms with Gasteiger partial charge in [0.05, 0.1) is 12.6 Å². The summed E-state index contributed by atoms with van der Waals surface area (Å²) in [6, 6.07) is 5.54. The molecule has 0 aliphatic rings. The number of hydrogen-bond donors (Lipinski definition) is 2. The van der Waals surface area contributed by atoms with Crippen molar-refractivity contribution in [2.24, 2.45) is 11.7 Å². The number of carbonyl (C=O) groups is 1. The molecule has 0 bridgehead atoms. The molecular weight excluding hydrogens is 264 g/mol. The van der Waals surface area contributed by atoms with Crippen LogP contribution < -0.4 is 15.8 Å². The summed E-state index contributed by atoms with van der Waals surface area (Å²) < 4.78 is 5.88. The van der Waals surface area contributed by atoms with Gasteiger partial charge in [0.15, 0.2) is 0 Å². The van der Waals surface area contributed by atoms with E-state index in [2.05, 4.69) is 19.2 Å². The van der Waals surface area contributed by atoms with E-state index in [0.29, 0.717) is 19.1 Å². The maximum absolute atomic E-state index is 11.6. The van der Waals surface area contributed by atoms with Crippen LogP contribution >= 0.6 is 0 Å². The first kappa shape index (κ1) is 17.5. The highest BCUT2D eigenvalue weighted by Gasteiger charge is 2.09. The van der Waals surface area contributed by atoms with Gasteiger partial charge in [0.2, 0.25) is 5.91 Å². The average molecular weight is 292 g/mol. The Hall–Kier alpha value is -1.55. The van der Waals surface area contributed by atoms with Crippen LogP contribution in [0.4, 0.5) is 0 Å². The fourth-order valence-corrected chi connectivity index (χ4v) is 1.96. The Morgan fingerprint density at radius 3 is 2.67 bits per heavy atom. The van der Waals surface area contributed by atoms with Crippen LogP contribution in [0.5, 0.6) is 5.75 Å². The van der Waals surface area contributed by atoms with E-state index in [1.807, 2.05) is 25.1 Å². The third kappa shape index (κ3) is 6.63. The summed E-state index contributed by atoms with van der Waals surface area (Å²) in [7, 11) is 0. The second kappa shape index (κ2) is 8.67. The van der Waals surface area contributed by atoms with E-state index in [0.717, 1.165) is 29.7 Å². The highest BCUT2D eigenvalue weighted by atomic mass is 16.5. The van der Waals surface area contributed by atoms with Crippen LogP contribution in [0.2, 0.25) is 0 Å². The normalized spacial score (nSPS) is 12.3. The highest BCUT2D eigenvalue weighted by Crippen LogP contribution is 2.21. The molecule has 1 amide bonds. The topological polar surface area (TPSA) is 64.4 Å². The zero-order valence-electron chi connectivity index (χ0n) is 13.6. The van der Waals surface area contributed by atoms with Crippen LogP contribution in [0.3, 0.4) is 0 Å². The Balaban J connectivity index is 2.60. The Labute approximate surface area is 128 Å². The lowest BCUT2D eigenvalue weighted by molar-refractivity contribution is -0.122. The number of ether oxygens (including phenoxy) is 1. The van der Waals surface area contributed by atoms with E-state index in [-0.39, 0.29) is 5.91 Å². The van der Waals surface area contributed by atoms with E-state index >= 15 is 0 Å². The predicted molar refractivity (Wildman–Crippen MR) is 86.2 cm³/mol. The minimum Gasteiger partial charge on any atom is -0.493 e. The highest BCUT2D eigenvalue weighted by molar-refractivity contribution is 5.80. The first-order valence-corrected chi connectivity index (χ1v) is 7.65. The molecular formula is C17H28N2O2. The van der Waals surface area contributed by atoms with Gasteiger partial charge in [-0.3, -0.25) is 4.79 Å². The largest absolute Gasteiger partial charge is 0.493 e. The molecule has 1 aromatic carbocycles. The van der Waals surface area contributed by atoms with Crippen molar-refractivity contribution in [3.05, 3.63) is 29.3 Å². The SMILES string of the molecule is Cc1ccc(CNC(=O)[C@H](C)N)c(OCCCC(C)C)c1. The Morgan fingerprint density at radius 1 is 1.33 bits per heavy atom. The van der Waals surface area contributed by atoms with Gasteiger partial charge < -0.3 is 15.8 Å². The van der Waals surface area contributed by atoms with Crippen molar-refractivity contribution in [1.82, 2.24) is 5.32 Å². The van der Waals surface area contributed by atoms with Crippen molar-refractivity contribution in [3.63, 3.8) is 0 Å². The second-order valence-electron chi connectivity index (χ2n) is 6.00. The summed E-state index contributed by atoms with van der Waals surface area (Å²) >= 11 is 0. The smallest absolute Gasteiger partial charge is 0.236 e. The third-order valence-corrected chi connectivity index (χ3v) is 3.27. The first-order valence-electron chi connectivity index (χ1n) is 7.65. The van der Waals surface area contributed by atoms with Crippen molar-refractivity contribution < 1.29 is 9.53 Å². The van der Waals surface area contributed by atoms with Gasteiger partial charge >= 0.3 is 0 Å². The van der Waals surface area contributed by atoms with Crippen molar-refractivity contribution in [2.75, 3.05) is 6.61 Å². The summed E-state index contributed by atoms with van der Waals surface area (Å²) in [5, 5.41) is 2.82. The van der Waals surface area contributed by atoms with Crippen LogP contribution in [0.25, 0.3) is 0 Å². The molecule has 0 aliphatic carbocycles. The Bertz CT molecular complexity index is 456. The first-order chi connectivity index (χ1) is 9.90. The maximum atomic E-state index is 11.6. The molecule has 4 nitrogen and oxygen atoms in total. The van der Waals surface area contributed by atoms with E-state index in [1.165, 1.54) is 0 Å². The average Bonchev–Trinajstić information content (AvgIpc) is 2.41. The predicted octanol–water partition coefficient (Wildman–Crippen LogP) is 2.77. The molecule has 0 radical (unpaired) electrons. The fourth-order valence-electron chi connectivity index (χ4n) is 1.96. The van der Waals surface area contributed by atoms with Crippen LogP contribution in [0.1, 0.15) is 44.7 Å². The Morgan fingerprint density at radius 2 is 2.05 bits per heavy atom. The minimum atomic E-state index is -0.495. The molecule has 0 saturated carbocycles. The molecule has 21 heavy (non-hydrogen) atoms. The van der Waals surface area contributed by atoms with Crippen LogP contribution in [0, 0.1) is 12.8 Å². The molecule has 0 aromatic heterocycles. The van der Waals surface area contributed by atoms with Crippen molar-refractivity contribution in [3.8, 4) is 5.75 Å². The number of carbonyl (C=O) groups excluding carboxylic acids is 1. The van der Waals surface area contributed by atoms with Gasteiger partial charge in [-0.05, 0) is 44.2 Å². The van der Waals surface area contributed by atoms with Gasteiger partial charge in [-0.2, -0.15) is 0 Å². The molecule has 0 fully saturated rings. The van der Waals surface area contributed by atoms with Crippen LogP contribution in [0.15, 0.2) is 18.2 Å². The van der Waals surface area contributed by atoms with Gasteiger partial charge in [-0.25, -0.2) is 0 Å². The summed E-state index contributed by atoms with van der Waals surface area (Å²) in [6.07, 6.45) is 2.19. The fraction of sp³-hybridized carbons (Fsp3) is 0.588. The van der Waals surface area contributed by atoms with Crippen molar-refractivity contribution >= 4 is 5.91 Å². The van der Waals surface area contributed by atoms with Crippen molar-refractivity contribution in [2.45, 2.75) is 53.1 Å². The summed E-state index contributed by atoms with van der Waals surface area (Å²) in [5.74, 6) is 1.39. The van der Waals surface area contributed by atoms with Gasteiger partial charge in [0.1, 0.15) is 5.75 Å². The lowest BCUT2D eigenvalue weighted by atomic mass is 10.1. The second-order valence-corrected chi connectivity index (χ2v) is 6.00. The monoisotopic (exact) mass is 292 g/mol. The lowest BCUT2D eigenvalue weighted by Crippen LogP contribution is -2.37. The summed E-state index contributed by atoms with van der Waals surface area (Å²) in [6.45, 7) is 9.28. The number of benzene rings is 1. The molecule has 0 saturated heterocycles. The van der Waals surface area contributed by atoms with Gasteiger partial charge in [0, 0.05) is 12.1 Å². The van der Waals surface area contributed by atoms with Crippen LogP contribution in [-0.2, 0) is 11.3 Å². The zero-order chi connectivity index (χ0) is 15.8. The zero-order valence-corrected chi connectivity index (χ0v) is 13.6. The number of aryl methyl sites for hydroxylation is 1. The minimum absolute atomic E-state index is 0.152. The molecule has 0 spiro atoms. The quantitative estimate of drug-likeness (QED) is 0.724. The Kier molecular flexibility index (Phi) is 7.23. The molecule has 4 heteroatoms. The lowest BCUT2D eigenvalue weighted by Gasteiger charge is -2.14. The molecule has 0 unspecified atom stereocenters. The number of hydrogen-bond acceptors (Lipinski definition) is 3. The molecule has 1 rings (SSSR count). The number of nitrogens with two attached hydrogens (primary N) is 1. The van der Waals surface area contributed by atoms with Gasteiger partial charge in [-0.1, -0.05) is 26.0 Å². The van der Waals surface area contributed by atoms with E-state index in [1.54, 1.807) is 6.92 Å². The van der Waals surface area contributed by atoms with Crippen molar-refractivity contribution in [1.29, 1.82) is 0 Å². The van der Waals surface area contributed by atoms with E-state index in [4.69, 9.17) is 10.5 Å². The summed E-state index contributed by atoms with van der Waals surface area (Å²) in [5.41, 5.74) is 7.68. The number of nitrogens with one attached hydrogen (secondary N) is 1. The molecule has 118 valence electrons. The molecule has 1 atom stereocenters. The molecule has 1 aromatic rings. The number of amides is 1. The molecule has 0 heterocycles. The standard InChI is InChI=1S/C17H28N2O2/c1-12(2)6-5-9-21-16-10-13(3)7-8-15(16)11-19-17(20)14(4)18/h7-8,10,12,14H,5-6,9,11,18H2,1-4H3,(H,19,20)/t14-/m0/s1. The summed E-state index contributed by atoms with van der Waals surface area (Å²) in [4.78, 5) is 11.6. The van der Waals surface area contributed by atoms with Crippen LogP contribution in [-0.4, -0.2) is 18.6 Å². The molecule has 3 N–H and O–H groups in total. The van der Waals surface area contributed by atoms with E-state index < -0.39 is 6.04 Å².